The van der Waals surface area contributed by atoms with Gasteiger partial charge in [0.2, 0.25) is 0 Å². The molecule has 3 unspecified atom stereocenters. The normalized spacial score (nSPS) is 14.3. The van der Waals surface area contributed by atoms with Crippen molar-refractivity contribution in [3.63, 3.8) is 0 Å². The van der Waals surface area contributed by atoms with Gasteiger partial charge < -0.3 is 25.2 Å². The summed E-state index contributed by atoms with van der Waals surface area (Å²) in [6.45, 7) is 3.75. The third-order valence-corrected chi connectivity index (χ3v) is 11.2. The van der Waals surface area contributed by atoms with E-state index < -0.39 is 45.1 Å². The number of carbonyl (C=O) groups excluding carboxylic acids is 1. The first-order valence-electron chi connectivity index (χ1n) is 24.3. The SMILES string of the molecule is CC/C=C\C/C=C\C/C=C\C/C=C\CCCCCCCCCOCC(COP(=O)(O)OCC(N)C(=O)O)OC(=O)CCCCCCCCCCC/C=C\CCCCCCCC. The van der Waals surface area contributed by atoms with Crippen molar-refractivity contribution in [3.8, 4) is 0 Å². The van der Waals surface area contributed by atoms with Crippen LogP contribution in [0.5, 0.6) is 0 Å². The molecule has 4 N–H and O–H groups in total. The van der Waals surface area contributed by atoms with Crippen LogP contribution in [0.4, 0.5) is 0 Å². The minimum Gasteiger partial charge on any atom is -0.480 e. The summed E-state index contributed by atoms with van der Waals surface area (Å²) >= 11 is 0. The van der Waals surface area contributed by atoms with Crippen molar-refractivity contribution in [3.05, 3.63) is 60.8 Å². The third-order valence-electron chi connectivity index (χ3n) is 10.3. The number of phosphoric ester groups is 1. The summed E-state index contributed by atoms with van der Waals surface area (Å²) in [5.74, 6) is -1.78. The van der Waals surface area contributed by atoms with Crippen LogP contribution >= 0.6 is 7.82 Å². The number of ether oxygens (including phenoxy) is 2. The van der Waals surface area contributed by atoms with Gasteiger partial charge in [-0.3, -0.25) is 18.6 Å². The van der Waals surface area contributed by atoms with E-state index in [0.29, 0.717) is 13.0 Å². The van der Waals surface area contributed by atoms with Crippen molar-refractivity contribution in [2.45, 2.75) is 219 Å². The lowest BCUT2D eigenvalue weighted by Gasteiger charge is -2.20. The first kappa shape index (κ1) is 58.7. The molecule has 0 saturated heterocycles. The van der Waals surface area contributed by atoms with E-state index in [1.165, 1.54) is 109 Å². The van der Waals surface area contributed by atoms with Gasteiger partial charge in [0.05, 0.1) is 19.8 Å². The van der Waals surface area contributed by atoms with Crippen LogP contribution in [0.2, 0.25) is 0 Å². The fourth-order valence-corrected chi connectivity index (χ4v) is 7.31. The van der Waals surface area contributed by atoms with Gasteiger partial charge in [0.15, 0.2) is 0 Å². The van der Waals surface area contributed by atoms with Crippen LogP contribution in [0.25, 0.3) is 0 Å². The molecule has 10 nitrogen and oxygen atoms in total. The molecule has 61 heavy (non-hydrogen) atoms. The molecule has 0 heterocycles. The predicted octanol–water partition coefficient (Wildman–Crippen LogP) is 14.0. The average molecular weight is 880 g/mol. The van der Waals surface area contributed by atoms with Crippen molar-refractivity contribution >= 4 is 19.8 Å². The summed E-state index contributed by atoms with van der Waals surface area (Å²) in [7, 11) is -4.63. The number of carboxylic acid groups (broad SMARTS) is 1. The molecule has 0 rings (SSSR count). The van der Waals surface area contributed by atoms with E-state index in [4.69, 9.17) is 29.4 Å². The summed E-state index contributed by atoms with van der Waals surface area (Å²) in [5, 5.41) is 8.92. The largest absolute Gasteiger partial charge is 0.480 e. The zero-order valence-electron chi connectivity index (χ0n) is 38.7. The number of phosphoric acid groups is 1. The van der Waals surface area contributed by atoms with Crippen LogP contribution in [0.3, 0.4) is 0 Å². The lowest BCUT2D eigenvalue weighted by molar-refractivity contribution is -0.154. The van der Waals surface area contributed by atoms with Gasteiger partial charge in [-0.05, 0) is 77.0 Å². The van der Waals surface area contributed by atoms with Crippen molar-refractivity contribution < 1.29 is 42.7 Å². The number of unbranched alkanes of at least 4 members (excludes halogenated alkanes) is 22. The second kappa shape index (κ2) is 45.7. The maximum atomic E-state index is 12.7. The highest BCUT2D eigenvalue weighted by atomic mass is 31.2. The number of rotatable bonds is 46. The van der Waals surface area contributed by atoms with E-state index in [2.05, 4.69) is 74.6 Å². The maximum Gasteiger partial charge on any atom is 0.472 e. The molecule has 0 aliphatic rings. The van der Waals surface area contributed by atoms with Gasteiger partial charge in [-0.2, -0.15) is 0 Å². The number of esters is 1. The minimum absolute atomic E-state index is 0.00710. The van der Waals surface area contributed by atoms with Crippen LogP contribution in [-0.4, -0.2) is 60.5 Å². The second-order valence-corrected chi connectivity index (χ2v) is 17.7. The molecule has 0 aromatic rings. The molecule has 0 aliphatic heterocycles. The van der Waals surface area contributed by atoms with E-state index in [1.807, 2.05) is 0 Å². The summed E-state index contributed by atoms with van der Waals surface area (Å²) in [4.78, 5) is 33.7. The Hall–Kier alpha value is -2.33. The maximum absolute atomic E-state index is 12.7. The average Bonchev–Trinajstić information content (AvgIpc) is 3.24. The molecular weight excluding hydrogens is 790 g/mol. The van der Waals surface area contributed by atoms with Gasteiger partial charge >= 0.3 is 19.8 Å². The van der Waals surface area contributed by atoms with Crippen LogP contribution in [0.1, 0.15) is 206 Å². The van der Waals surface area contributed by atoms with Crippen molar-refractivity contribution in [1.82, 2.24) is 0 Å². The molecule has 11 heteroatoms. The van der Waals surface area contributed by atoms with Crippen LogP contribution < -0.4 is 5.73 Å². The number of carbonyl (C=O) groups is 2. The Morgan fingerprint density at radius 3 is 1.44 bits per heavy atom. The van der Waals surface area contributed by atoms with Gasteiger partial charge in [-0.1, -0.05) is 184 Å². The number of nitrogens with two attached hydrogens (primary N) is 1. The number of aliphatic carboxylic acids is 1. The van der Waals surface area contributed by atoms with E-state index in [9.17, 15) is 19.0 Å². The fourth-order valence-electron chi connectivity index (χ4n) is 6.53. The van der Waals surface area contributed by atoms with Gasteiger partial charge in [-0.15, -0.1) is 0 Å². The first-order chi connectivity index (χ1) is 29.7. The Kier molecular flexibility index (Phi) is 43.9. The molecule has 0 radical (unpaired) electrons. The number of allylic oxidation sites excluding steroid dienone is 10. The minimum atomic E-state index is -4.63. The van der Waals surface area contributed by atoms with E-state index in [0.717, 1.165) is 70.6 Å². The quantitative estimate of drug-likeness (QED) is 0.0233. The molecule has 0 bridgehead atoms. The van der Waals surface area contributed by atoms with Crippen molar-refractivity contribution in [1.29, 1.82) is 0 Å². The highest BCUT2D eigenvalue weighted by Gasteiger charge is 2.27. The highest BCUT2D eigenvalue weighted by Crippen LogP contribution is 2.43. The van der Waals surface area contributed by atoms with Crippen LogP contribution in [0, 0.1) is 0 Å². The summed E-state index contributed by atoms with van der Waals surface area (Å²) in [5.41, 5.74) is 5.37. The molecule has 0 fully saturated rings. The topological polar surface area (TPSA) is 155 Å². The molecule has 0 saturated carbocycles. The van der Waals surface area contributed by atoms with Crippen molar-refractivity contribution in [2.24, 2.45) is 5.73 Å². The predicted molar refractivity (Wildman–Crippen MR) is 254 cm³/mol. The van der Waals surface area contributed by atoms with E-state index >= 15 is 0 Å². The Balaban J connectivity index is 4.20. The molecule has 0 aromatic heterocycles. The third kappa shape index (κ3) is 45.5. The summed E-state index contributed by atoms with van der Waals surface area (Å²) in [6, 6.07) is -1.48. The molecule has 0 spiro atoms. The fraction of sp³-hybridized carbons (Fsp3) is 0.760. The van der Waals surface area contributed by atoms with Gasteiger partial charge in [0, 0.05) is 13.0 Å². The summed E-state index contributed by atoms with van der Waals surface area (Å²) in [6.07, 6.45) is 55.5. The Morgan fingerprint density at radius 1 is 0.541 bits per heavy atom. The second-order valence-electron chi connectivity index (χ2n) is 16.2. The molecule has 0 aliphatic carbocycles. The molecular formula is C50H90NO9P. The Morgan fingerprint density at radius 2 is 0.951 bits per heavy atom. The molecule has 0 aromatic carbocycles. The number of carboxylic acids is 1. The molecule has 3 atom stereocenters. The first-order valence-corrected chi connectivity index (χ1v) is 25.8. The van der Waals surface area contributed by atoms with Crippen LogP contribution in [-0.2, 0) is 32.7 Å². The lowest BCUT2D eigenvalue weighted by atomic mass is 10.1. The Labute approximate surface area is 372 Å². The number of hydrogen-bond donors (Lipinski definition) is 3. The Bertz CT molecular complexity index is 1200. The van der Waals surface area contributed by atoms with Crippen LogP contribution in [0.15, 0.2) is 60.8 Å². The van der Waals surface area contributed by atoms with E-state index in [1.54, 1.807) is 0 Å². The number of hydrogen-bond acceptors (Lipinski definition) is 8. The van der Waals surface area contributed by atoms with Gasteiger partial charge in [0.1, 0.15) is 12.1 Å². The summed E-state index contributed by atoms with van der Waals surface area (Å²) < 4.78 is 33.5. The van der Waals surface area contributed by atoms with E-state index in [-0.39, 0.29) is 13.0 Å². The zero-order valence-corrected chi connectivity index (χ0v) is 39.6. The van der Waals surface area contributed by atoms with Gasteiger partial charge in [-0.25, -0.2) is 4.57 Å². The standard InChI is InChI=1S/C50H90NO9P/c1-3-5-7-9-11-13-15-17-19-21-23-25-27-29-31-33-35-37-39-41-43-57-44-47(45-58-61(55,56)59-46-48(51)50(53)54)60-49(52)42-40-38-36-34-32-30-28-26-24-22-20-18-16-14-12-10-8-6-4-2/h5,7,11,13,17-20,23,25,47-48H,3-4,6,8-10,12,14-16,21-22,24,26-46,51H2,1-2H3,(H,53,54)(H,55,56)/b7-5-,13-11-,19-17-,20-18-,25-23-. The van der Waals surface area contributed by atoms with Crippen molar-refractivity contribution in [2.75, 3.05) is 26.4 Å². The monoisotopic (exact) mass is 880 g/mol. The molecule has 0 amide bonds. The smallest absolute Gasteiger partial charge is 0.472 e. The molecule has 354 valence electrons. The van der Waals surface area contributed by atoms with Gasteiger partial charge in [0.25, 0.3) is 0 Å². The zero-order chi connectivity index (χ0) is 44.8. The highest BCUT2D eigenvalue weighted by molar-refractivity contribution is 7.47. The lowest BCUT2D eigenvalue weighted by Crippen LogP contribution is -2.34.